The fourth-order valence-electron chi connectivity index (χ4n) is 4.84. The van der Waals surface area contributed by atoms with Crippen molar-refractivity contribution in [2.45, 2.75) is 13.2 Å². The molecule has 7 nitrogen and oxygen atoms in total. The molecule has 7 heteroatoms. The van der Waals surface area contributed by atoms with Crippen molar-refractivity contribution in [2.75, 3.05) is 19.5 Å². The van der Waals surface area contributed by atoms with Gasteiger partial charge >= 0.3 is 0 Å². The molecule has 0 amide bonds. The molecule has 1 aromatic heterocycles. The first-order chi connectivity index (χ1) is 21.6. The van der Waals surface area contributed by atoms with Gasteiger partial charge in [0.15, 0.2) is 16.9 Å². The van der Waals surface area contributed by atoms with Crippen molar-refractivity contribution >= 4 is 22.3 Å². The van der Waals surface area contributed by atoms with Crippen molar-refractivity contribution in [1.29, 1.82) is 0 Å². The Hall–Kier alpha value is -5.69. The number of rotatable bonds is 11. The van der Waals surface area contributed by atoms with Crippen LogP contribution in [-0.2, 0) is 13.2 Å². The number of benzene rings is 5. The Morgan fingerprint density at radius 3 is 1.98 bits per heavy atom. The standard InChI is InChI=1S/C37H31NO6/c1-40-29-16-14-28(15-17-29)38-31-20-30(42-23-25-9-5-3-6-10-25)21-36-37(31)32(39)22-34(44-36)27-13-18-33(41-2)35(19-27)43-24-26-11-7-4-8-12-26/h3-22,38H,23-24H2,1-2H3. The lowest BCUT2D eigenvalue weighted by Crippen LogP contribution is -2.05. The number of hydrogen-bond donors (Lipinski definition) is 1. The molecule has 0 atom stereocenters. The third kappa shape index (κ3) is 6.52. The fourth-order valence-corrected chi connectivity index (χ4v) is 4.84. The predicted octanol–water partition coefficient (Wildman–Crippen LogP) is 8.38. The molecular weight excluding hydrogens is 554 g/mol. The second-order valence-electron chi connectivity index (χ2n) is 10.1. The van der Waals surface area contributed by atoms with Crippen molar-refractivity contribution in [3.8, 4) is 34.3 Å². The number of anilines is 2. The monoisotopic (exact) mass is 585 g/mol. The highest BCUT2D eigenvalue weighted by Gasteiger charge is 2.16. The zero-order valence-electron chi connectivity index (χ0n) is 24.4. The molecule has 0 fully saturated rings. The summed E-state index contributed by atoms with van der Waals surface area (Å²) in [6, 6.07) is 37.7. The molecule has 220 valence electrons. The van der Waals surface area contributed by atoms with Crippen LogP contribution in [0.2, 0.25) is 0 Å². The van der Waals surface area contributed by atoms with Crippen LogP contribution >= 0.6 is 0 Å². The Morgan fingerprint density at radius 1 is 0.636 bits per heavy atom. The Labute approximate surface area is 255 Å². The van der Waals surface area contributed by atoms with Crippen LogP contribution in [0, 0.1) is 0 Å². The highest BCUT2D eigenvalue weighted by atomic mass is 16.5. The van der Waals surface area contributed by atoms with Crippen LogP contribution in [0.1, 0.15) is 11.1 Å². The maximum absolute atomic E-state index is 13.7. The van der Waals surface area contributed by atoms with Crippen molar-refractivity contribution in [2.24, 2.45) is 0 Å². The highest BCUT2D eigenvalue weighted by molar-refractivity contribution is 5.94. The molecule has 6 aromatic rings. The lowest BCUT2D eigenvalue weighted by atomic mass is 10.1. The van der Waals surface area contributed by atoms with Gasteiger partial charge in [-0.3, -0.25) is 4.79 Å². The van der Waals surface area contributed by atoms with Gasteiger partial charge in [-0.2, -0.15) is 0 Å². The number of methoxy groups -OCH3 is 2. The number of nitrogens with one attached hydrogen (secondary N) is 1. The summed E-state index contributed by atoms with van der Waals surface area (Å²) in [5, 5.41) is 3.77. The minimum atomic E-state index is -0.200. The SMILES string of the molecule is COc1ccc(Nc2cc(OCc3ccccc3)cc3oc(-c4ccc(OC)c(OCc5ccccc5)c4)cc(=O)c23)cc1. The van der Waals surface area contributed by atoms with Gasteiger partial charge in [-0.25, -0.2) is 0 Å². The molecule has 0 bridgehead atoms. The molecule has 0 aliphatic heterocycles. The second kappa shape index (κ2) is 13.1. The second-order valence-corrected chi connectivity index (χ2v) is 10.1. The quantitative estimate of drug-likeness (QED) is 0.164. The summed E-state index contributed by atoms with van der Waals surface area (Å²) in [4.78, 5) is 13.7. The Morgan fingerprint density at radius 2 is 1.32 bits per heavy atom. The van der Waals surface area contributed by atoms with Gasteiger partial charge in [0.25, 0.3) is 0 Å². The Bertz CT molecular complexity index is 1920. The smallest absolute Gasteiger partial charge is 0.195 e. The number of hydrogen-bond acceptors (Lipinski definition) is 7. The maximum Gasteiger partial charge on any atom is 0.195 e. The molecule has 44 heavy (non-hydrogen) atoms. The zero-order chi connectivity index (χ0) is 30.3. The zero-order valence-corrected chi connectivity index (χ0v) is 24.4. The van der Waals surface area contributed by atoms with E-state index in [2.05, 4.69) is 5.32 Å². The third-order valence-corrected chi connectivity index (χ3v) is 7.11. The summed E-state index contributed by atoms with van der Waals surface area (Å²) < 4.78 is 29.5. The van der Waals surface area contributed by atoms with E-state index in [1.807, 2.05) is 103 Å². The molecule has 1 N–H and O–H groups in total. The molecular formula is C37H31NO6. The van der Waals surface area contributed by atoms with Crippen LogP contribution in [0.25, 0.3) is 22.3 Å². The maximum atomic E-state index is 13.7. The van der Waals surface area contributed by atoms with E-state index in [4.69, 9.17) is 23.4 Å². The first-order valence-corrected chi connectivity index (χ1v) is 14.1. The number of fused-ring (bicyclic) bond motifs is 1. The van der Waals surface area contributed by atoms with Crippen molar-refractivity contribution in [3.05, 3.63) is 143 Å². The van der Waals surface area contributed by atoms with Gasteiger partial charge in [-0.15, -0.1) is 0 Å². The van der Waals surface area contributed by atoms with E-state index in [-0.39, 0.29) is 5.43 Å². The van der Waals surface area contributed by atoms with E-state index < -0.39 is 0 Å². The van der Waals surface area contributed by atoms with Gasteiger partial charge in [0, 0.05) is 29.4 Å². The summed E-state index contributed by atoms with van der Waals surface area (Å²) in [5.41, 5.74) is 4.26. The van der Waals surface area contributed by atoms with E-state index in [0.717, 1.165) is 22.6 Å². The average molecular weight is 586 g/mol. The summed E-state index contributed by atoms with van der Waals surface area (Å²) in [7, 11) is 3.21. The van der Waals surface area contributed by atoms with Gasteiger partial charge in [0.2, 0.25) is 0 Å². The lowest BCUT2D eigenvalue weighted by molar-refractivity contribution is 0.284. The third-order valence-electron chi connectivity index (χ3n) is 7.11. The minimum Gasteiger partial charge on any atom is -0.497 e. The fraction of sp³-hybridized carbons (Fsp3) is 0.108. The topological polar surface area (TPSA) is 79.2 Å². The molecule has 0 aliphatic carbocycles. The van der Waals surface area contributed by atoms with Crippen molar-refractivity contribution in [3.63, 3.8) is 0 Å². The molecule has 5 aromatic carbocycles. The summed E-state index contributed by atoms with van der Waals surface area (Å²) in [6.07, 6.45) is 0. The van der Waals surface area contributed by atoms with E-state index in [1.54, 1.807) is 26.4 Å². The van der Waals surface area contributed by atoms with Gasteiger partial charge in [0.1, 0.15) is 36.1 Å². The molecule has 0 unspecified atom stereocenters. The largest absolute Gasteiger partial charge is 0.497 e. The van der Waals surface area contributed by atoms with E-state index >= 15 is 0 Å². The first kappa shape index (κ1) is 28.4. The average Bonchev–Trinajstić information content (AvgIpc) is 3.07. The molecule has 0 saturated heterocycles. The summed E-state index contributed by atoms with van der Waals surface area (Å²) >= 11 is 0. The molecule has 0 aliphatic rings. The Balaban J connectivity index is 1.38. The van der Waals surface area contributed by atoms with Crippen LogP contribution in [0.4, 0.5) is 11.4 Å². The molecule has 6 rings (SSSR count). The summed E-state index contributed by atoms with van der Waals surface area (Å²) in [6.45, 7) is 0.726. The predicted molar refractivity (Wildman–Crippen MR) is 172 cm³/mol. The van der Waals surface area contributed by atoms with Crippen LogP contribution in [0.3, 0.4) is 0 Å². The Kier molecular flexibility index (Phi) is 8.46. The number of ether oxygens (including phenoxy) is 4. The first-order valence-electron chi connectivity index (χ1n) is 14.1. The van der Waals surface area contributed by atoms with E-state index in [0.29, 0.717) is 58.4 Å². The van der Waals surface area contributed by atoms with Gasteiger partial charge in [0.05, 0.1) is 25.3 Å². The van der Waals surface area contributed by atoms with Gasteiger partial charge in [-0.05, 0) is 53.6 Å². The van der Waals surface area contributed by atoms with E-state index in [9.17, 15) is 4.79 Å². The molecule has 1 heterocycles. The van der Waals surface area contributed by atoms with Gasteiger partial charge < -0.3 is 28.7 Å². The summed E-state index contributed by atoms with van der Waals surface area (Å²) in [5.74, 6) is 2.80. The molecule has 0 spiro atoms. The van der Waals surface area contributed by atoms with Crippen LogP contribution in [0.5, 0.6) is 23.0 Å². The van der Waals surface area contributed by atoms with Crippen molar-refractivity contribution < 1.29 is 23.4 Å². The van der Waals surface area contributed by atoms with Crippen LogP contribution < -0.4 is 29.7 Å². The minimum absolute atomic E-state index is 0.200. The lowest BCUT2D eigenvalue weighted by Gasteiger charge is -2.15. The van der Waals surface area contributed by atoms with Crippen molar-refractivity contribution in [1.82, 2.24) is 0 Å². The molecule has 0 radical (unpaired) electrons. The highest BCUT2D eigenvalue weighted by Crippen LogP contribution is 2.36. The normalized spacial score (nSPS) is 10.8. The van der Waals surface area contributed by atoms with E-state index in [1.165, 1.54) is 6.07 Å². The van der Waals surface area contributed by atoms with Crippen LogP contribution in [-0.4, -0.2) is 14.2 Å². The van der Waals surface area contributed by atoms with Crippen LogP contribution in [0.15, 0.2) is 131 Å². The van der Waals surface area contributed by atoms with Gasteiger partial charge in [-0.1, -0.05) is 60.7 Å². The molecule has 0 saturated carbocycles.